The molecule has 0 saturated carbocycles. The molecule has 0 bridgehead atoms. The van der Waals surface area contributed by atoms with Gasteiger partial charge in [0.25, 0.3) is 0 Å². The van der Waals surface area contributed by atoms with Gasteiger partial charge in [0, 0.05) is 6.92 Å². The maximum absolute atomic E-state index is 12.5. The average molecular weight is 379 g/mol. The van der Waals surface area contributed by atoms with Gasteiger partial charge in [0.05, 0.1) is 18.1 Å². The zero-order valence-corrected chi connectivity index (χ0v) is 15.2. The highest BCUT2D eigenvalue weighted by molar-refractivity contribution is 6.05. The van der Waals surface area contributed by atoms with Crippen molar-refractivity contribution < 1.29 is 33.5 Å². The molecule has 1 rings (SSSR count). The molecule has 1 unspecified atom stereocenters. The fourth-order valence-corrected chi connectivity index (χ4v) is 2.26. The van der Waals surface area contributed by atoms with E-state index in [9.17, 15) is 24.5 Å². The smallest absolute Gasteiger partial charge is 0.449 e. The molecule has 0 amide bonds. The van der Waals surface area contributed by atoms with Gasteiger partial charge in [0.1, 0.15) is 0 Å². The summed E-state index contributed by atoms with van der Waals surface area (Å²) in [6.45, 7) is 3.42. The lowest BCUT2D eigenvalue weighted by Crippen LogP contribution is -2.63. The molecule has 0 aliphatic heterocycles. The first-order valence-electron chi connectivity index (χ1n) is 8.20. The van der Waals surface area contributed by atoms with Crippen molar-refractivity contribution in [2.24, 2.45) is 0 Å². The Labute approximate surface area is 156 Å². The number of nitrogens with zero attached hydrogens (tertiary/aromatic N) is 1. The summed E-state index contributed by atoms with van der Waals surface area (Å²) in [4.78, 5) is 47.2. The van der Waals surface area contributed by atoms with Gasteiger partial charge in [0.2, 0.25) is 6.10 Å². The van der Waals surface area contributed by atoms with Crippen LogP contribution < -0.4 is 0 Å². The van der Waals surface area contributed by atoms with E-state index in [2.05, 4.69) is 0 Å². The summed E-state index contributed by atoms with van der Waals surface area (Å²) < 4.78 is 14.5. The number of carbonyl (C=O) groups excluding carboxylic acids is 3. The summed E-state index contributed by atoms with van der Waals surface area (Å²) in [5, 5.41) is 11.9. The minimum Gasteiger partial charge on any atom is -0.460 e. The Morgan fingerprint density at radius 2 is 1.63 bits per heavy atom. The second-order valence-corrected chi connectivity index (χ2v) is 5.26. The van der Waals surface area contributed by atoms with E-state index in [0.717, 1.165) is 13.0 Å². The first kappa shape index (κ1) is 21.8. The van der Waals surface area contributed by atoms with Crippen molar-refractivity contribution >= 4 is 24.0 Å². The summed E-state index contributed by atoms with van der Waals surface area (Å²) in [6, 6.07) is 8.57. The third-order valence-electron chi connectivity index (χ3n) is 3.43. The minimum atomic E-state index is -3.08. The monoisotopic (exact) mass is 379 g/mol. The van der Waals surface area contributed by atoms with E-state index in [0.29, 0.717) is 5.56 Å². The van der Waals surface area contributed by atoms with Gasteiger partial charge in [-0.25, -0.2) is 9.59 Å². The Kier molecular flexibility index (Phi) is 8.12. The lowest BCUT2D eigenvalue weighted by molar-refractivity contribution is -0.550. The highest BCUT2D eigenvalue weighted by Crippen LogP contribution is 2.25. The Morgan fingerprint density at radius 3 is 2.04 bits per heavy atom. The van der Waals surface area contributed by atoms with Crippen LogP contribution in [0.1, 0.15) is 26.3 Å². The Bertz CT molecular complexity index is 695. The van der Waals surface area contributed by atoms with Crippen LogP contribution in [0.15, 0.2) is 36.4 Å². The van der Waals surface area contributed by atoms with Gasteiger partial charge < -0.3 is 14.2 Å². The minimum absolute atomic E-state index is 0.219. The maximum atomic E-state index is 12.5. The second-order valence-electron chi connectivity index (χ2n) is 5.26. The van der Waals surface area contributed by atoms with Crippen LogP contribution in [-0.2, 0) is 28.6 Å². The van der Waals surface area contributed by atoms with Crippen LogP contribution in [-0.4, -0.2) is 47.7 Å². The van der Waals surface area contributed by atoms with Crippen molar-refractivity contribution in [3.8, 4) is 0 Å². The summed E-state index contributed by atoms with van der Waals surface area (Å²) >= 11 is 0. The molecule has 27 heavy (non-hydrogen) atoms. The number of benzene rings is 1. The number of hydrogen-bond donors (Lipinski definition) is 0. The molecule has 0 fully saturated rings. The molecular weight excluding hydrogens is 358 g/mol. The predicted molar refractivity (Wildman–Crippen MR) is 94.0 cm³/mol. The number of ether oxygens (including phenoxy) is 3. The lowest BCUT2D eigenvalue weighted by atomic mass is 9.91. The van der Waals surface area contributed by atoms with Gasteiger partial charge in [-0.05, 0) is 25.5 Å². The molecule has 1 aromatic rings. The van der Waals surface area contributed by atoms with E-state index >= 15 is 0 Å². The number of esters is 3. The number of rotatable bonds is 9. The van der Waals surface area contributed by atoms with E-state index < -0.39 is 34.5 Å². The molecule has 1 atom stereocenters. The van der Waals surface area contributed by atoms with Gasteiger partial charge in [-0.15, -0.1) is 0 Å². The first-order chi connectivity index (χ1) is 12.8. The molecule has 0 saturated heterocycles. The van der Waals surface area contributed by atoms with Gasteiger partial charge in [-0.2, -0.15) is 0 Å². The van der Waals surface area contributed by atoms with E-state index in [1.165, 1.54) is 19.9 Å². The number of hydrogen-bond acceptors (Lipinski definition) is 8. The highest BCUT2D eigenvalue weighted by atomic mass is 16.7. The third-order valence-corrected chi connectivity index (χ3v) is 3.43. The van der Waals surface area contributed by atoms with Gasteiger partial charge in [0.15, 0.2) is 0 Å². The zero-order valence-electron chi connectivity index (χ0n) is 15.2. The van der Waals surface area contributed by atoms with Crippen molar-refractivity contribution in [3.63, 3.8) is 0 Å². The van der Waals surface area contributed by atoms with Crippen molar-refractivity contribution in [3.05, 3.63) is 52.1 Å². The van der Waals surface area contributed by atoms with Gasteiger partial charge in [-0.1, -0.05) is 36.4 Å². The zero-order chi connectivity index (χ0) is 20.4. The van der Waals surface area contributed by atoms with Crippen LogP contribution in [0.3, 0.4) is 0 Å². The molecule has 1 aromatic carbocycles. The van der Waals surface area contributed by atoms with Gasteiger partial charge in [-0.3, -0.25) is 14.9 Å². The quantitative estimate of drug-likeness (QED) is 0.209. The van der Waals surface area contributed by atoms with Crippen LogP contribution in [0.4, 0.5) is 0 Å². The fraction of sp³-hybridized carbons (Fsp3) is 0.389. The molecule has 146 valence electrons. The predicted octanol–water partition coefficient (Wildman–Crippen LogP) is 1.77. The normalized spacial score (nSPS) is 12.3. The molecule has 0 N–H and O–H groups in total. The highest BCUT2D eigenvalue weighted by Gasteiger charge is 2.68. The fourth-order valence-electron chi connectivity index (χ4n) is 2.26. The van der Waals surface area contributed by atoms with Crippen molar-refractivity contribution in [1.29, 1.82) is 0 Å². The SMILES string of the molecule is CCOC(=O)C(C(=O)OCC)(C(/C=C/c1ccccc1)OC(C)=O)[N+](=O)[O-]. The second kappa shape index (κ2) is 10.0. The van der Waals surface area contributed by atoms with Crippen molar-refractivity contribution in [1.82, 2.24) is 0 Å². The van der Waals surface area contributed by atoms with Crippen LogP contribution in [0.5, 0.6) is 0 Å². The van der Waals surface area contributed by atoms with E-state index in [1.54, 1.807) is 30.3 Å². The van der Waals surface area contributed by atoms with Crippen LogP contribution in [0.2, 0.25) is 0 Å². The molecule has 9 nitrogen and oxygen atoms in total. The topological polar surface area (TPSA) is 122 Å². The largest absolute Gasteiger partial charge is 0.460 e. The van der Waals surface area contributed by atoms with Crippen LogP contribution >= 0.6 is 0 Å². The summed E-state index contributed by atoms with van der Waals surface area (Å²) in [5.74, 6) is -3.87. The Balaban J connectivity index is 3.53. The Hall–Kier alpha value is -3.23. The Morgan fingerprint density at radius 1 is 1.11 bits per heavy atom. The van der Waals surface area contributed by atoms with Crippen LogP contribution in [0.25, 0.3) is 6.08 Å². The van der Waals surface area contributed by atoms with E-state index in [1.807, 2.05) is 0 Å². The third kappa shape index (κ3) is 5.13. The molecule has 0 aromatic heterocycles. The maximum Gasteiger partial charge on any atom is 0.449 e. The van der Waals surface area contributed by atoms with Crippen molar-refractivity contribution in [2.45, 2.75) is 32.4 Å². The first-order valence-corrected chi connectivity index (χ1v) is 8.20. The molecule has 0 spiro atoms. The summed E-state index contributed by atoms with van der Waals surface area (Å²) in [5.41, 5.74) is -2.47. The van der Waals surface area contributed by atoms with Crippen LogP contribution in [0, 0.1) is 10.1 Å². The standard InChI is InChI=1S/C18H21NO8/c1-4-25-16(21)18(19(23)24,17(22)26-5-2)15(27-13(3)20)12-11-14-9-7-6-8-10-14/h6-12,15H,4-5H2,1-3H3/b12-11+. The summed E-state index contributed by atoms with van der Waals surface area (Å²) in [6.07, 6.45) is 0.612. The average Bonchev–Trinajstić information content (AvgIpc) is 2.60. The molecule has 0 radical (unpaired) electrons. The molecular formula is C18H21NO8. The van der Waals surface area contributed by atoms with Crippen molar-refractivity contribution in [2.75, 3.05) is 13.2 Å². The van der Waals surface area contributed by atoms with E-state index in [4.69, 9.17) is 14.2 Å². The lowest BCUT2D eigenvalue weighted by Gasteiger charge is -2.26. The van der Waals surface area contributed by atoms with E-state index in [-0.39, 0.29) is 13.2 Å². The molecule has 0 aliphatic carbocycles. The van der Waals surface area contributed by atoms with Gasteiger partial charge >= 0.3 is 23.4 Å². The number of carbonyl (C=O) groups is 3. The molecule has 0 aliphatic rings. The molecule has 0 heterocycles. The molecule has 9 heteroatoms. The number of nitro groups is 1. The summed E-state index contributed by atoms with van der Waals surface area (Å²) in [7, 11) is 0.